The third kappa shape index (κ3) is 1.89. The molecule has 0 amide bonds. The van der Waals surface area contributed by atoms with Crippen LogP contribution in [0.2, 0.25) is 0 Å². The van der Waals surface area contributed by atoms with Crippen molar-refractivity contribution in [2.45, 2.75) is 27.2 Å². The van der Waals surface area contributed by atoms with Gasteiger partial charge in [0, 0.05) is 18.1 Å². The van der Waals surface area contributed by atoms with E-state index in [0.29, 0.717) is 0 Å². The highest BCUT2D eigenvalue weighted by Gasteiger charge is 1.95. The van der Waals surface area contributed by atoms with Gasteiger partial charge in [0.1, 0.15) is 5.65 Å². The quantitative estimate of drug-likeness (QED) is 0.653. The van der Waals surface area contributed by atoms with Crippen molar-refractivity contribution in [1.29, 1.82) is 0 Å². The summed E-state index contributed by atoms with van der Waals surface area (Å²) in [4.78, 5) is 4.19. The lowest BCUT2D eigenvalue weighted by Crippen LogP contribution is -1.92. The summed E-state index contributed by atoms with van der Waals surface area (Å²) in [5.74, 6) is 0. The van der Waals surface area contributed by atoms with Crippen LogP contribution >= 0.6 is 0 Å². The molecule has 0 saturated carbocycles. The molecule has 0 atom stereocenters. The molecule has 0 aromatic carbocycles. The van der Waals surface area contributed by atoms with E-state index in [1.165, 1.54) is 5.69 Å². The van der Waals surface area contributed by atoms with Gasteiger partial charge >= 0.3 is 0 Å². The normalized spacial score (nSPS) is 9.46. The molecule has 2 rings (SSSR count). The summed E-state index contributed by atoms with van der Waals surface area (Å²) in [6.07, 6.45) is 4.87. The molecule has 2 nitrogen and oxygen atoms in total. The summed E-state index contributed by atoms with van der Waals surface area (Å²) in [6.45, 7) is 6.15. The largest absolute Gasteiger partial charge is 0.304 e. The van der Waals surface area contributed by atoms with Crippen molar-refractivity contribution in [3.05, 3.63) is 36.3 Å². The van der Waals surface area contributed by atoms with E-state index < -0.39 is 0 Å². The third-order valence-corrected chi connectivity index (χ3v) is 1.87. The van der Waals surface area contributed by atoms with Crippen LogP contribution in [0.25, 0.3) is 5.65 Å². The molecular formula is C11H16N2. The van der Waals surface area contributed by atoms with E-state index in [2.05, 4.69) is 22.4 Å². The van der Waals surface area contributed by atoms with Crippen molar-refractivity contribution in [2.24, 2.45) is 0 Å². The zero-order chi connectivity index (χ0) is 9.68. The molecule has 0 bridgehead atoms. The molecule has 0 aliphatic carbocycles. The van der Waals surface area contributed by atoms with Gasteiger partial charge in [-0.25, -0.2) is 4.98 Å². The first kappa shape index (κ1) is 9.78. The molecule has 0 saturated heterocycles. The Balaban J connectivity index is 0.000000396. The lowest BCUT2D eigenvalue weighted by molar-refractivity contribution is 0.980. The van der Waals surface area contributed by atoms with Crippen LogP contribution < -0.4 is 0 Å². The van der Waals surface area contributed by atoms with Crippen LogP contribution in [0.15, 0.2) is 30.6 Å². The molecular weight excluding hydrogens is 160 g/mol. The van der Waals surface area contributed by atoms with Gasteiger partial charge in [0.2, 0.25) is 0 Å². The number of hydrogen-bond donors (Lipinski definition) is 0. The number of hydrogen-bond acceptors (Lipinski definition) is 1. The second-order valence-electron chi connectivity index (χ2n) is 2.53. The molecule has 0 aliphatic heterocycles. The minimum absolute atomic E-state index is 1.03. The summed E-state index contributed by atoms with van der Waals surface area (Å²) in [5, 5.41) is 0. The lowest BCUT2D eigenvalue weighted by atomic mass is 10.3. The Morgan fingerprint density at radius 2 is 2.08 bits per heavy atom. The number of pyridine rings is 1. The summed E-state index contributed by atoms with van der Waals surface area (Å²) in [5.41, 5.74) is 2.34. The first-order valence-corrected chi connectivity index (χ1v) is 4.83. The van der Waals surface area contributed by atoms with Crippen LogP contribution in [0.5, 0.6) is 0 Å². The summed E-state index contributed by atoms with van der Waals surface area (Å²) in [7, 11) is 0. The highest BCUT2D eigenvalue weighted by atomic mass is 15.0. The van der Waals surface area contributed by atoms with E-state index >= 15 is 0 Å². The van der Waals surface area contributed by atoms with Crippen LogP contribution in [0.3, 0.4) is 0 Å². The van der Waals surface area contributed by atoms with Crippen molar-refractivity contribution in [3.8, 4) is 0 Å². The molecule has 0 unspecified atom stereocenters. The molecule has 2 aromatic heterocycles. The van der Waals surface area contributed by atoms with E-state index in [-0.39, 0.29) is 0 Å². The molecule has 2 heteroatoms. The predicted octanol–water partition coefficient (Wildman–Crippen LogP) is 2.92. The maximum Gasteiger partial charge on any atom is 0.136 e. The van der Waals surface area contributed by atoms with Crippen LogP contribution in [-0.4, -0.2) is 9.38 Å². The fourth-order valence-electron chi connectivity index (χ4n) is 1.29. The van der Waals surface area contributed by atoms with Crippen molar-refractivity contribution in [2.75, 3.05) is 0 Å². The Labute approximate surface area is 79.2 Å². The third-order valence-electron chi connectivity index (χ3n) is 1.87. The van der Waals surface area contributed by atoms with Gasteiger partial charge in [-0.2, -0.15) is 0 Å². The first-order valence-electron chi connectivity index (χ1n) is 4.83. The van der Waals surface area contributed by atoms with Crippen molar-refractivity contribution >= 4 is 5.65 Å². The van der Waals surface area contributed by atoms with Gasteiger partial charge < -0.3 is 4.40 Å². The number of fused-ring (bicyclic) bond motifs is 1. The van der Waals surface area contributed by atoms with E-state index in [1.807, 2.05) is 38.4 Å². The fraction of sp³-hybridized carbons (Fsp3) is 0.364. The Morgan fingerprint density at radius 3 is 2.77 bits per heavy atom. The lowest BCUT2D eigenvalue weighted by Gasteiger charge is -1.99. The summed E-state index contributed by atoms with van der Waals surface area (Å²) < 4.78 is 2.11. The molecule has 0 N–H and O–H groups in total. The van der Waals surface area contributed by atoms with Gasteiger partial charge in [0.05, 0.1) is 0 Å². The molecule has 0 radical (unpaired) electrons. The van der Waals surface area contributed by atoms with E-state index in [4.69, 9.17) is 0 Å². The molecule has 2 heterocycles. The number of aryl methyl sites for hydroxylation is 1. The summed E-state index contributed by atoms with van der Waals surface area (Å²) >= 11 is 0. The monoisotopic (exact) mass is 176 g/mol. The zero-order valence-electron chi connectivity index (χ0n) is 8.49. The van der Waals surface area contributed by atoms with Crippen molar-refractivity contribution in [1.82, 2.24) is 9.38 Å². The predicted molar refractivity (Wildman–Crippen MR) is 55.9 cm³/mol. The maximum atomic E-state index is 4.19. The molecule has 0 spiro atoms. The Hall–Kier alpha value is -1.31. The Morgan fingerprint density at radius 1 is 1.31 bits per heavy atom. The topological polar surface area (TPSA) is 17.3 Å². The molecule has 2 aromatic rings. The van der Waals surface area contributed by atoms with Gasteiger partial charge in [-0.3, -0.25) is 0 Å². The number of imidazole rings is 1. The SMILES string of the molecule is CC.CCc1cccc2nccn12. The minimum atomic E-state index is 1.03. The van der Waals surface area contributed by atoms with Crippen LogP contribution in [-0.2, 0) is 6.42 Å². The minimum Gasteiger partial charge on any atom is -0.304 e. The maximum absolute atomic E-state index is 4.19. The molecule has 13 heavy (non-hydrogen) atoms. The van der Waals surface area contributed by atoms with Crippen molar-refractivity contribution < 1.29 is 0 Å². The number of rotatable bonds is 1. The van der Waals surface area contributed by atoms with Gasteiger partial charge in [-0.05, 0) is 18.6 Å². The highest BCUT2D eigenvalue weighted by molar-refractivity contribution is 5.39. The van der Waals surface area contributed by atoms with Crippen LogP contribution in [0, 0.1) is 0 Å². The average molecular weight is 176 g/mol. The van der Waals surface area contributed by atoms with Gasteiger partial charge in [-0.15, -0.1) is 0 Å². The van der Waals surface area contributed by atoms with Gasteiger partial charge in [0.25, 0.3) is 0 Å². The second-order valence-corrected chi connectivity index (χ2v) is 2.53. The standard InChI is InChI=1S/C9H10N2.C2H6/c1-2-8-4-3-5-9-10-6-7-11(8)9;1-2/h3-7H,2H2,1H3;1-2H3. The number of nitrogens with zero attached hydrogens (tertiary/aromatic N) is 2. The van der Waals surface area contributed by atoms with Crippen LogP contribution in [0.4, 0.5) is 0 Å². The Kier molecular flexibility index (Phi) is 3.50. The van der Waals surface area contributed by atoms with Gasteiger partial charge in [-0.1, -0.05) is 26.8 Å². The first-order chi connectivity index (χ1) is 6.42. The highest BCUT2D eigenvalue weighted by Crippen LogP contribution is 2.05. The van der Waals surface area contributed by atoms with E-state index in [1.54, 1.807) is 0 Å². The second kappa shape index (κ2) is 4.65. The summed E-state index contributed by atoms with van der Waals surface area (Å²) in [6, 6.07) is 6.18. The molecule has 0 aliphatic rings. The van der Waals surface area contributed by atoms with E-state index in [9.17, 15) is 0 Å². The van der Waals surface area contributed by atoms with Gasteiger partial charge in [0.15, 0.2) is 0 Å². The van der Waals surface area contributed by atoms with Crippen LogP contribution in [0.1, 0.15) is 26.5 Å². The van der Waals surface area contributed by atoms with E-state index in [0.717, 1.165) is 12.1 Å². The average Bonchev–Trinajstić information content (AvgIpc) is 2.68. The van der Waals surface area contributed by atoms with Crippen molar-refractivity contribution in [3.63, 3.8) is 0 Å². The smallest absolute Gasteiger partial charge is 0.136 e. The fourth-order valence-corrected chi connectivity index (χ4v) is 1.29. The molecule has 0 fully saturated rings. The zero-order valence-corrected chi connectivity index (χ0v) is 8.49. The Bertz CT molecular complexity index is 363. The molecule has 70 valence electrons. The number of aromatic nitrogens is 2.